The summed E-state index contributed by atoms with van der Waals surface area (Å²) in [7, 11) is 0.297. The molecule has 1 unspecified atom stereocenters. The SMILES string of the molecule is CCOC(=O)/C=C/C(=O)OC(CC)(CC)C(CC)C(=O)O[SiH3]. The Morgan fingerprint density at radius 3 is 2.00 bits per heavy atom. The zero-order valence-electron chi connectivity index (χ0n) is 14.0. The average molecular weight is 330 g/mol. The molecule has 0 bridgehead atoms. The van der Waals surface area contributed by atoms with Crippen molar-refractivity contribution in [2.45, 2.75) is 52.6 Å². The highest BCUT2D eigenvalue weighted by atomic mass is 28.2. The molecule has 0 rings (SSSR count). The van der Waals surface area contributed by atoms with Crippen LogP contribution in [0.25, 0.3) is 0 Å². The first-order valence-corrected chi connectivity index (χ1v) is 8.37. The molecule has 6 nitrogen and oxygen atoms in total. The number of carbonyl (C=O) groups is 3. The van der Waals surface area contributed by atoms with Crippen LogP contribution in [0.3, 0.4) is 0 Å². The average Bonchev–Trinajstić information content (AvgIpc) is 2.52. The Kier molecular flexibility index (Phi) is 9.40. The van der Waals surface area contributed by atoms with Crippen LogP contribution in [0.15, 0.2) is 12.2 Å². The second-order valence-corrected chi connectivity index (χ2v) is 5.17. The molecule has 0 aliphatic rings. The van der Waals surface area contributed by atoms with Gasteiger partial charge in [-0.15, -0.1) is 0 Å². The van der Waals surface area contributed by atoms with Crippen molar-refractivity contribution in [3.8, 4) is 0 Å². The molecule has 0 aliphatic heterocycles. The van der Waals surface area contributed by atoms with Gasteiger partial charge >= 0.3 is 11.9 Å². The van der Waals surface area contributed by atoms with Crippen LogP contribution in [0.5, 0.6) is 0 Å². The highest BCUT2D eigenvalue weighted by Crippen LogP contribution is 2.33. The Labute approximate surface area is 134 Å². The van der Waals surface area contributed by atoms with Crippen LogP contribution in [0.1, 0.15) is 47.0 Å². The molecule has 0 saturated carbocycles. The molecule has 0 N–H and O–H groups in total. The first kappa shape index (κ1) is 20.4. The summed E-state index contributed by atoms with van der Waals surface area (Å²) in [5, 5.41) is 0. The van der Waals surface area contributed by atoms with E-state index in [1.54, 1.807) is 6.92 Å². The van der Waals surface area contributed by atoms with Crippen molar-refractivity contribution in [2.24, 2.45) is 5.92 Å². The van der Waals surface area contributed by atoms with Gasteiger partial charge in [0.25, 0.3) is 5.97 Å². The maximum absolute atomic E-state index is 12.0. The molecule has 0 aromatic carbocycles. The predicted octanol–water partition coefficient (Wildman–Crippen LogP) is 1.06. The van der Waals surface area contributed by atoms with Crippen molar-refractivity contribution >= 4 is 28.4 Å². The summed E-state index contributed by atoms with van der Waals surface area (Å²) in [5.74, 6) is -2.14. The monoisotopic (exact) mass is 330 g/mol. The van der Waals surface area contributed by atoms with Crippen molar-refractivity contribution in [1.82, 2.24) is 0 Å². The van der Waals surface area contributed by atoms with Crippen LogP contribution < -0.4 is 0 Å². The fraction of sp³-hybridized carbons (Fsp3) is 0.667. The molecular weight excluding hydrogens is 304 g/mol. The molecule has 0 aliphatic carbocycles. The summed E-state index contributed by atoms with van der Waals surface area (Å²) in [6.45, 7) is 7.47. The van der Waals surface area contributed by atoms with E-state index in [2.05, 4.69) is 0 Å². The summed E-state index contributed by atoms with van der Waals surface area (Å²) in [6.07, 6.45) is 3.53. The van der Waals surface area contributed by atoms with Crippen LogP contribution in [0, 0.1) is 5.92 Å². The Morgan fingerprint density at radius 2 is 1.59 bits per heavy atom. The van der Waals surface area contributed by atoms with Crippen LogP contribution >= 0.6 is 0 Å². The lowest BCUT2D eigenvalue weighted by atomic mass is 9.81. The van der Waals surface area contributed by atoms with Gasteiger partial charge in [-0.05, 0) is 26.2 Å². The van der Waals surface area contributed by atoms with Gasteiger partial charge in [0.05, 0.1) is 12.5 Å². The predicted molar refractivity (Wildman–Crippen MR) is 85.0 cm³/mol. The maximum atomic E-state index is 12.0. The standard InChI is InChI=1S/C15H26O6Si/c1-5-11(14(18)21-22)15(6-2,7-3)20-13(17)10-9-12(16)19-8-4/h9-11H,5-8H2,1-4,22H3/b10-9+. The normalized spacial score (nSPS) is 12.9. The smallest absolute Gasteiger partial charge is 0.331 e. The van der Waals surface area contributed by atoms with E-state index < -0.39 is 23.5 Å². The second kappa shape index (κ2) is 10.2. The summed E-state index contributed by atoms with van der Waals surface area (Å²) in [5.41, 5.74) is -0.924. The lowest BCUT2D eigenvalue weighted by Gasteiger charge is -2.36. The zero-order valence-corrected chi connectivity index (χ0v) is 16.0. The third-order valence-electron chi connectivity index (χ3n) is 3.67. The lowest BCUT2D eigenvalue weighted by molar-refractivity contribution is -0.170. The minimum Gasteiger partial charge on any atom is -0.528 e. The molecule has 7 heteroatoms. The molecule has 0 heterocycles. The van der Waals surface area contributed by atoms with E-state index in [-0.39, 0.29) is 12.6 Å². The molecule has 0 aromatic rings. The Bertz CT molecular complexity index is 414. The summed E-state index contributed by atoms with van der Waals surface area (Å²) in [4.78, 5) is 35.1. The van der Waals surface area contributed by atoms with Gasteiger partial charge in [0, 0.05) is 12.2 Å². The summed E-state index contributed by atoms with van der Waals surface area (Å²) in [6, 6.07) is 0. The van der Waals surface area contributed by atoms with Crippen LogP contribution in [-0.4, -0.2) is 40.6 Å². The quantitative estimate of drug-likeness (QED) is 0.357. The molecule has 0 saturated heterocycles. The van der Waals surface area contributed by atoms with Crippen molar-refractivity contribution in [3.63, 3.8) is 0 Å². The van der Waals surface area contributed by atoms with Crippen molar-refractivity contribution in [2.75, 3.05) is 6.61 Å². The van der Waals surface area contributed by atoms with Crippen LogP contribution in [0.4, 0.5) is 0 Å². The molecule has 0 amide bonds. The van der Waals surface area contributed by atoms with E-state index >= 15 is 0 Å². The van der Waals surface area contributed by atoms with E-state index in [0.29, 0.717) is 29.7 Å². The van der Waals surface area contributed by atoms with E-state index in [1.807, 2.05) is 20.8 Å². The number of hydrogen-bond donors (Lipinski definition) is 0. The highest BCUT2D eigenvalue weighted by molar-refractivity contribution is 6.06. The first-order valence-electron chi connectivity index (χ1n) is 7.56. The van der Waals surface area contributed by atoms with Crippen molar-refractivity contribution in [1.29, 1.82) is 0 Å². The highest BCUT2D eigenvalue weighted by Gasteiger charge is 2.43. The molecule has 0 spiro atoms. The summed E-state index contributed by atoms with van der Waals surface area (Å²) < 4.78 is 15.2. The van der Waals surface area contributed by atoms with E-state index in [0.717, 1.165) is 12.2 Å². The number of hydrogen-bond acceptors (Lipinski definition) is 6. The molecular formula is C15H26O6Si. The number of ether oxygens (including phenoxy) is 2. The van der Waals surface area contributed by atoms with Gasteiger partial charge in [0.1, 0.15) is 5.60 Å². The fourth-order valence-electron chi connectivity index (χ4n) is 2.41. The first-order chi connectivity index (χ1) is 10.4. The molecule has 0 radical (unpaired) electrons. The third-order valence-corrected chi connectivity index (χ3v) is 4.07. The second-order valence-electron chi connectivity index (χ2n) is 4.76. The largest absolute Gasteiger partial charge is 0.528 e. The molecule has 126 valence electrons. The van der Waals surface area contributed by atoms with Crippen LogP contribution in [0.2, 0.25) is 0 Å². The molecule has 22 heavy (non-hydrogen) atoms. The van der Waals surface area contributed by atoms with E-state index in [4.69, 9.17) is 13.9 Å². The minimum absolute atomic E-state index is 0.232. The van der Waals surface area contributed by atoms with Gasteiger partial charge in [-0.3, -0.25) is 4.79 Å². The van der Waals surface area contributed by atoms with Crippen molar-refractivity contribution < 1.29 is 28.3 Å². The van der Waals surface area contributed by atoms with Gasteiger partial charge in [0.2, 0.25) is 10.5 Å². The van der Waals surface area contributed by atoms with Gasteiger partial charge < -0.3 is 13.9 Å². The zero-order chi connectivity index (χ0) is 17.2. The molecule has 0 aromatic heterocycles. The van der Waals surface area contributed by atoms with Crippen LogP contribution in [-0.2, 0) is 28.3 Å². The number of rotatable bonds is 9. The topological polar surface area (TPSA) is 78.9 Å². The van der Waals surface area contributed by atoms with Gasteiger partial charge in [-0.2, -0.15) is 0 Å². The Morgan fingerprint density at radius 1 is 1.05 bits per heavy atom. The molecule has 1 atom stereocenters. The summed E-state index contributed by atoms with van der Waals surface area (Å²) >= 11 is 0. The van der Waals surface area contributed by atoms with Gasteiger partial charge in [-0.25, -0.2) is 9.59 Å². The third kappa shape index (κ3) is 5.63. The number of esters is 2. The molecule has 0 fully saturated rings. The van der Waals surface area contributed by atoms with E-state index in [1.165, 1.54) is 0 Å². The Hall–Kier alpha value is -1.63. The maximum Gasteiger partial charge on any atom is 0.331 e. The van der Waals surface area contributed by atoms with Gasteiger partial charge in [-0.1, -0.05) is 20.8 Å². The fourth-order valence-corrected chi connectivity index (χ4v) is 2.70. The van der Waals surface area contributed by atoms with Crippen molar-refractivity contribution in [3.05, 3.63) is 12.2 Å². The van der Waals surface area contributed by atoms with Gasteiger partial charge in [0.15, 0.2) is 0 Å². The minimum atomic E-state index is -0.924. The number of carbonyl (C=O) groups excluding carboxylic acids is 3. The Balaban J connectivity index is 5.13. The lowest BCUT2D eigenvalue weighted by Crippen LogP contribution is -2.45. The van der Waals surface area contributed by atoms with E-state index in [9.17, 15) is 14.4 Å².